The quantitative estimate of drug-likeness (QED) is 0.116. The summed E-state index contributed by atoms with van der Waals surface area (Å²) in [5.41, 5.74) is 3.77. The molecule has 3 amide bonds. The van der Waals surface area contributed by atoms with Gasteiger partial charge in [-0.3, -0.25) is 24.4 Å². The smallest absolute Gasteiger partial charge is 0.494 e. The molecular weight excluding hydrogens is 598 g/mol. The molecular formula is C33H35KN7O4-. The standard InChI is InChI=1S/C32H32N7O4.CH3.K/c1-20(30(40)34-2)26(13-15-36-31(41)22-8-9-22)38-27-7-5-6-25(29(27)43-4)23-10-11-28(37-18-23)32(42)39(3)19-24-16-21(17-33)12-14-35-24;;/h5-7,10-16,18,22,38H,1,8-9,19H2,2-4H3,(H,34,40)(H,36,41);1H3;/q2*-1;+1/b26-13+;;. The molecule has 1 saturated carbocycles. The maximum absolute atomic E-state index is 13.0. The van der Waals surface area contributed by atoms with Crippen LogP contribution in [0.3, 0.4) is 0 Å². The Morgan fingerprint density at radius 3 is 2.58 bits per heavy atom. The summed E-state index contributed by atoms with van der Waals surface area (Å²) in [6, 6.07) is 14.2. The van der Waals surface area contributed by atoms with Crippen LogP contribution < -0.4 is 72.1 Å². The first-order valence-corrected chi connectivity index (χ1v) is 13.5. The predicted molar refractivity (Wildman–Crippen MR) is 167 cm³/mol. The van der Waals surface area contributed by atoms with E-state index in [2.05, 4.69) is 38.6 Å². The fourth-order valence-electron chi connectivity index (χ4n) is 4.21. The molecule has 2 aromatic heterocycles. The number of benzene rings is 1. The molecule has 0 spiro atoms. The second kappa shape index (κ2) is 17.5. The molecule has 12 heteroatoms. The van der Waals surface area contributed by atoms with E-state index in [0.29, 0.717) is 39.5 Å². The second-order valence-corrected chi connectivity index (χ2v) is 9.84. The van der Waals surface area contributed by atoms with E-state index in [0.717, 1.165) is 12.8 Å². The molecule has 45 heavy (non-hydrogen) atoms. The Kier molecular flexibility index (Phi) is 14.5. The normalized spacial score (nSPS) is 11.8. The van der Waals surface area contributed by atoms with Crippen molar-refractivity contribution >= 4 is 23.4 Å². The van der Waals surface area contributed by atoms with Gasteiger partial charge in [0.05, 0.1) is 36.7 Å². The van der Waals surface area contributed by atoms with E-state index in [-0.39, 0.29) is 94.4 Å². The summed E-state index contributed by atoms with van der Waals surface area (Å²) in [7, 11) is 4.68. The molecule has 0 radical (unpaired) electrons. The van der Waals surface area contributed by atoms with E-state index in [1.165, 1.54) is 31.8 Å². The molecule has 1 aromatic carbocycles. The average molecular weight is 633 g/mol. The van der Waals surface area contributed by atoms with Crippen LogP contribution in [0.2, 0.25) is 0 Å². The molecule has 228 valence electrons. The molecule has 0 saturated heterocycles. The molecule has 11 nitrogen and oxygen atoms in total. The largest absolute Gasteiger partial charge is 1.00 e. The number of para-hydroxylation sites is 1. The monoisotopic (exact) mass is 632 g/mol. The molecule has 1 aliphatic rings. The van der Waals surface area contributed by atoms with Gasteiger partial charge < -0.3 is 33.0 Å². The van der Waals surface area contributed by atoms with Crippen LogP contribution in [-0.2, 0) is 16.1 Å². The van der Waals surface area contributed by atoms with Crippen molar-refractivity contribution in [3.63, 3.8) is 0 Å². The van der Waals surface area contributed by atoms with Gasteiger partial charge in [0.1, 0.15) is 11.4 Å². The van der Waals surface area contributed by atoms with Gasteiger partial charge in [0, 0.05) is 43.5 Å². The summed E-state index contributed by atoms with van der Waals surface area (Å²) in [6.07, 6.45) is 6.44. The number of ether oxygens (including phenoxy) is 1. The van der Waals surface area contributed by atoms with Gasteiger partial charge in [-0.25, -0.2) is 0 Å². The van der Waals surface area contributed by atoms with Crippen LogP contribution in [0.25, 0.3) is 11.1 Å². The average Bonchev–Trinajstić information content (AvgIpc) is 3.89. The van der Waals surface area contributed by atoms with Crippen molar-refractivity contribution in [2.45, 2.75) is 19.4 Å². The summed E-state index contributed by atoms with van der Waals surface area (Å²) >= 11 is 0. The van der Waals surface area contributed by atoms with Crippen LogP contribution in [0.5, 0.6) is 5.75 Å². The van der Waals surface area contributed by atoms with Crippen molar-refractivity contribution in [3.8, 4) is 22.9 Å². The molecule has 1 fully saturated rings. The van der Waals surface area contributed by atoms with E-state index >= 15 is 0 Å². The van der Waals surface area contributed by atoms with Gasteiger partial charge in [-0.2, -0.15) is 11.3 Å². The predicted octanol–water partition coefficient (Wildman–Crippen LogP) is 1.04. The van der Waals surface area contributed by atoms with Gasteiger partial charge in [0.15, 0.2) is 0 Å². The fourth-order valence-corrected chi connectivity index (χ4v) is 4.21. The number of aromatic nitrogens is 2. The van der Waals surface area contributed by atoms with Crippen LogP contribution in [-0.4, -0.2) is 53.8 Å². The Bertz CT molecular complexity index is 1610. The van der Waals surface area contributed by atoms with Crippen LogP contribution in [0.1, 0.15) is 34.6 Å². The van der Waals surface area contributed by atoms with Gasteiger partial charge in [-0.05, 0) is 42.7 Å². The molecule has 0 aliphatic heterocycles. The third-order valence-electron chi connectivity index (χ3n) is 6.72. The number of rotatable bonds is 12. The zero-order valence-corrected chi connectivity index (χ0v) is 29.3. The molecule has 0 bridgehead atoms. The minimum Gasteiger partial charge on any atom is -0.494 e. The van der Waals surface area contributed by atoms with Crippen molar-refractivity contribution < 1.29 is 70.5 Å². The van der Waals surface area contributed by atoms with Crippen molar-refractivity contribution in [2.75, 3.05) is 26.5 Å². The summed E-state index contributed by atoms with van der Waals surface area (Å²) in [6.45, 7) is 5.61. The van der Waals surface area contributed by atoms with E-state index in [1.54, 1.807) is 49.7 Å². The second-order valence-electron chi connectivity index (χ2n) is 9.84. The fraction of sp³-hybridized carbons (Fsp3) is 0.212. The van der Waals surface area contributed by atoms with Crippen molar-refractivity contribution in [2.24, 2.45) is 5.92 Å². The van der Waals surface area contributed by atoms with Crippen molar-refractivity contribution in [1.29, 1.82) is 5.26 Å². The Hall–Kier alpha value is -3.99. The molecule has 0 atom stereocenters. The molecule has 3 aromatic rings. The maximum atomic E-state index is 13.0. The number of carbonyl (C=O) groups excluding carboxylic acids is 3. The SMILES string of the molecule is C=C(C(=O)NC)/C(=C\[CH-]NC(=O)C1CC1)Nc1cccc(-c2ccc(C(=O)N(C)Cc3cc(C#N)ccn3)nc2)c1OC.[CH3-].[K+]. The van der Waals surface area contributed by atoms with Crippen molar-refractivity contribution in [3.05, 3.63) is 110 Å². The first-order valence-electron chi connectivity index (χ1n) is 13.5. The molecule has 3 N–H and O–H groups in total. The summed E-state index contributed by atoms with van der Waals surface area (Å²) < 4.78 is 5.75. The first kappa shape index (κ1) is 37.2. The van der Waals surface area contributed by atoms with Gasteiger partial charge in [-0.1, -0.05) is 23.9 Å². The minimum absolute atomic E-state index is 0. The first-order chi connectivity index (χ1) is 20.7. The van der Waals surface area contributed by atoms with Gasteiger partial charge in [0.2, 0.25) is 11.8 Å². The maximum Gasteiger partial charge on any atom is 1.00 e. The molecule has 0 unspecified atom stereocenters. The van der Waals surface area contributed by atoms with E-state index in [4.69, 9.17) is 10.00 Å². The number of nitrogens with zero attached hydrogens (tertiary/aromatic N) is 4. The van der Waals surface area contributed by atoms with Gasteiger partial charge >= 0.3 is 51.4 Å². The number of amides is 3. The number of hydrogen-bond donors (Lipinski definition) is 3. The summed E-state index contributed by atoms with van der Waals surface area (Å²) in [4.78, 5) is 47.6. The van der Waals surface area contributed by atoms with E-state index < -0.39 is 5.91 Å². The third kappa shape index (κ3) is 9.75. The number of carbonyl (C=O) groups is 3. The summed E-state index contributed by atoms with van der Waals surface area (Å²) in [5, 5.41) is 17.6. The number of nitriles is 1. The van der Waals surface area contributed by atoms with Crippen LogP contribution in [0.4, 0.5) is 5.69 Å². The number of pyridine rings is 2. The molecule has 2 heterocycles. The van der Waals surface area contributed by atoms with Gasteiger partial charge in [0.25, 0.3) is 5.91 Å². The van der Waals surface area contributed by atoms with Gasteiger partial charge in [-0.15, -0.1) is 13.1 Å². The Labute approximate surface area is 306 Å². The van der Waals surface area contributed by atoms with Crippen LogP contribution in [0, 0.1) is 31.2 Å². The Balaban J connectivity index is 0.00000353. The number of anilines is 1. The number of methoxy groups -OCH3 is 1. The topological polar surface area (TPSA) is 149 Å². The van der Waals surface area contributed by atoms with Crippen molar-refractivity contribution in [1.82, 2.24) is 25.5 Å². The number of likely N-dealkylation sites (N-methyl/N-ethyl adjacent to an activating group) is 1. The Morgan fingerprint density at radius 2 is 1.96 bits per heavy atom. The van der Waals surface area contributed by atoms with Crippen LogP contribution in [0.15, 0.2) is 78.8 Å². The minimum atomic E-state index is -0.390. The zero-order valence-electron chi connectivity index (χ0n) is 26.2. The van der Waals surface area contributed by atoms with Crippen LogP contribution >= 0.6 is 0 Å². The number of nitrogens with one attached hydrogen (secondary N) is 3. The zero-order chi connectivity index (χ0) is 30.9. The number of hydrogen-bond acceptors (Lipinski definition) is 8. The molecule has 4 rings (SSSR count). The Morgan fingerprint density at radius 1 is 1.20 bits per heavy atom. The summed E-state index contributed by atoms with van der Waals surface area (Å²) in [5.74, 6) is -0.244. The van der Waals surface area contributed by atoms with E-state index in [9.17, 15) is 14.4 Å². The van der Waals surface area contributed by atoms with E-state index in [1.807, 2.05) is 12.1 Å². The molecule has 1 aliphatic carbocycles. The third-order valence-corrected chi connectivity index (χ3v) is 6.72.